The van der Waals surface area contributed by atoms with Crippen LogP contribution in [0.4, 0.5) is 0 Å². The molecule has 114 valence electrons. The maximum Gasteiger partial charge on any atom is 0.0731 e. The molecule has 0 aromatic heterocycles. The molecule has 0 aromatic carbocycles. The van der Waals surface area contributed by atoms with E-state index >= 15 is 0 Å². The quantitative estimate of drug-likeness (QED) is 0.785. The summed E-state index contributed by atoms with van der Waals surface area (Å²) in [5, 5.41) is 0. The first-order valence-corrected chi connectivity index (χ1v) is 8.75. The van der Waals surface area contributed by atoms with Gasteiger partial charge in [0.15, 0.2) is 0 Å². The van der Waals surface area contributed by atoms with Crippen LogP contribution in [0.3, 0.4) is 0 Å². The van der Waals surface area contributed by atoms with Gasteiger partial charge in [-0.05, 0) is 51.9 Å². The van der Waals surface area contributed by atoms with E-state index in [1.165, 1.54) is 45.3 Å². The molecule has 5 aliphatic rings. The molecule has 0 aromatic rings. The monoisotopic (exact) mass is 278 g/mol. The summed E-state index contributed by atoms with van der Waals surface area (Å²) >= 11 is 0. The minimum absolute atomic E-state index is 0.559. The van der Waals surface area contributed by atoms with Crippen LogP contribution >= 0.6 is 0 Å². The first-order valence-electron chi connectivity index (χ1n) is 8.75. The molecule has 3 heteroatoms. The van der Waals surface area contributed by atoms with Crippen molar-refractivity contribution in [1.82, 2.24) is 9.80 Å². The van der Waals surface area contributed by atoms with E-state index < -0.39 is 0 Å². The highest BCUT2D eigenvalue weighted by Gasteiger charge is 2.47. The highest BCUT2D eigenvalue weighted by molar-refractivity contribution is 5.00. The summed E-state index contributed by atoms with van der Waals surface area (Å²) < 4.78 is 5.77. The van der Waals surface area contributed by atoms with E-state index in [1.54, 1.807) is 0 Å². The fraction of sp³-hybridized carbons (Fsp3) is 1.00. The van der Waals surface area contributed by atoms with Crippen molar-refractivity contribution in [2.24, 2.45) is 11.8 Å². The van der Waals surface area contributed by atoms with Crippen molar-refractivity contribution in [2.75, 3.05) is 19.6 Å². The van der Waals surface area contributed by atoms with Crippen molar-refractivity contribution < 1.29 is 4.74 Å². The van der Waals surface area contributed by atoms with Gasteiger partial charge in [-0.15, -0.1) is 0 Å². The number of hydrogen-bond donors (Lipinski definition) is 0. The summed E-state index contributed by atoms with van der Waals surface area (Å²) in [5.41, 5.74) is 0. The molecule has 5 rings (SSSR count). The molecule has 4 bridgehead atoms. The van der Waals surface area contributed by atoms with Gasteiger partial charge in [0.05, 0.1) is 12.2 Å². The summed E-state index contributed by atoms with van der Waals surface area (Å²) in [6.07, 6.45) is 6.81. The fourth-order valence-electron chi connectivity index (χ4n) is 5.39. The summed E-state index contributed by atoms with van der Waals surface area (Å²) in [7, 11) is 0. The molecule has 1 saturated carbocycles. The van der Waals surface area contributed by atoms with Crippen LogP contribution in [-0.4, -0.2) is 59.8 Å². The van der Waals surface area contributed by atoms with E-state index in [0.717, 1.165) is 30.0 Å². The zero-order valence-electron chi connectivity index (χ0n) is 13.3. The van der Waals surface area contributed by atoms with Gasteiger partial charge in [0.25, 0.3) is 0 Å². The van der Waals surface area contributed by atoms with E-state index in [1.807, 2.05) is 0 Å². The number of ether oxygens (including phenoxy) is 1. The van der Waals surface area contributed by atoms with Gasteiger partial charge < -0.3 is 4.74 Å². The summed E-state index contributed by atoms with van der Waals surface area (Å²) in [4.78, 5) is 5.48. The fourth-order valence-corrected chi connectivity index (χ4v) is 5.39. The molecule has 0 spiro atoms. The number of hydrogen-bond acceptors (Lipinski definition) is 3. The lowest BCUT2D eigenvalue weighted by Crippen LogP contribution is -2.59. The van der Waals surface area contributed by atoms with E-state index in [2.05, 4.69) is 30.6 Å². The number of piperidine rings is 2. The Morgan fingerprint density at radius 1 is 1.00 bits per heavy atom. The van der Waals surface area contributed by atoms with Crippen molar-refractivity contribution in [3.05, 3.63) is 0 Å². The largest absolute Gasteiger partial charge is 0.372 e. The Hall–Kier alpha value is -0.120. The molecular weight excluding hydrogens is 248 g/mol. The average molecular weight is 278 g/mol. The van der Waals surface area contributed by atoms with Crippen LogP contribution in [0.2, 0.25) is 0 Å². The van der Waals surface area contributed by atoms with Crippen LogP contribution in [0, 0.1) is 11.8 Å². The maximum absolute atomic E-state index is 5.77. The van der Waals surface area contributed by atoms with Crippen molar-refractivity contribution >= 4 is 0 Å². The van der Waals surface area contributed by atoms with Gasteiger partial charge in [-0.3, -0.25) is 9.80 Å². The third kappa shape index (κ3) is 2.22. The standard InChI is InChI=1S/C17H30N2O/c1-11(2)19-8-13-5-14(17(19)6-13)4-12(3)18-9-15-7-16(10-18)20-15/h11-17H,4-10H2,1-3H3. The number of morpholine rings is 1. The number of likely N-dealkylation sites (tertiary alicyclic amines) is 1. The van der Waals surface area contributed by atoms with Crippen molar-refractivity contribution in [1.29, 1.82) is 0 Å². The Bertz CT molecular complexity index is 356. The Morgan fingerprint density at radius 3 is 2.30 bits per heavy atom. The molecule has 6 unspecified atom stereocenters. The van der Waals surface area contributed by atoms with Crippen molar-refractivity contribution in [2.45, 2.75) is 76.8 Å². The Kier molecular flexibility index (Phi) is 3.36. The number of nitrogens with zero attached hydrogens (tertiary/aromatic N) is 2. The summed E-state index contributed by atoms with van der Waals surface area (Å²) in [6, 6.07) is 2.37. The van der Waals surface area contributed by atoms with E-state index in [4.69, 9.17) is 4.74 Å². The van der Waals surface area contributed by atoms with Crippen molar-refractivity contribution in [3.8, 4) is 0 Å². The molecule has 4 saturated heterocycles. The first-order chi connectivity index (χ1) is 9.60. The minimum Gasteiger partial charge on any atom is -0.372 e. The highest BCUT2D eigenvalue weighted by atomic mass is 16.5. The van der Waals surface area contributed by atoms with Gasteiger partial charge in [-0.1, -0.05) is 0 Å². The molecule has 1 aliphatic carbocycles. The van der Waals surface area contributed by atoms with Crippen LogP contribution < -0.4 is 0 Å². The van der Waals surface area contributed by atoms with Gasteiger partial charge in [0.2, 0.25) is 0 Å². The second-order valence-electron chi connectivity index (χ2n) is 8.11. The van der Waals surface area contributed by atoms with Crippen molar-refractivity contribution in [3.63, 3.8) is 0 Å². The smallest absolute Gasteiger partial charge is 0.0731 e. The van der Waals surface area contributed by atoms with Gasteiger partial charge >= 0.3 is 0 Å². The Morgan fingerprint density at radius 2 is 1.70 bits per heavy atom. The van der Waals surface area contributed by atoms with Gasteiger partial charge in [0.1, 0.15) is 0 Å². The molecule has 0 amide bonds. The molecule has 0 radical (unpaired) electrons. The SMILES string of the molecule is CC(CC1CC2CC1N(C(C)C)C2)N1CC2CC(C1)O2. The maximum atomic E-state index is 5.77. The molecule has 5 fully saturated rings. The lowest BCUT2D eigenvalue weighted by atomic mass is 9.89. The van der Waals surface area contributed by atoms with Crippen LogP contribution in [0.15, 0.2) is 0 Å². The van der Waals surface area contributed by atoms with E-state index in [-0.39, 0.29) is 0 Å². The van der Waals surface area contributed by atoms with E-state index in [9.17, 15) is 0 Å². The zero-order chi connectivity index (χ0) is 13.9. The molecule has 6 atom stereocenters. The average Bonchev–Trinajstić information content (AvgIpc) is 2.97. The molecule has 4 aliphatic heterocycles. The predicted molar refractivity (Wildman–Crippen MR) is 80.8 cm³/mol. The Balaban J connectivity index is 1.35. The van der Waals surface area contributed by atoms with Crippen LogP contribution in [-0.2, 0) is 4.74 Å². The minimum atomic E-state index is 0.559. The second-order valence-corrected chi connectivity index (χ2v) is 8.11. The third-order valence-electron chi connectivity index (χ3n) is 6.37. The van der Waals surface area contributed by atoms with Crippen LogP contribution in [0.1, 0.15) is 46.5 Å². The third-order valence-corrected chi connectivity index (χ3v) is 6.37. The first kappa shape index (κ1) is 13.5. The lowest BCUT2D eigenvalue weighted by Gasteiger charge is -2.50. The van der Waals surface area contributed by atoms with E-state index in [0.29, 0.717) is 12.2 Å². The number of rotatable bonds is 4. The Labute approximate surface area is 123 Å². The number of fused-ring (bicyclic) bond motifs is 4. The van der Waals surface area contributed by atoms with Gasteiger partial charge in [-0.2, -0.15) is 0 Å². The molecule has 20 heavy (non-hydrogen) atoms. The molecule has 0 N–H and O–H groups in total. The predicted octanol–water partition coefficient (Wildman–Crippen LogP) is 2.36. The van der Waals surface area contributed by atoms with Crippen LogP contribution in [0.25, 0.3) is 0 Å². The molecule has 3 nitrogen and oxygen atoms in total. The molecular formula is C17H30N2O. The molecule has 4 heterocycles. The normalized spacial score (nSPS) is 45.9. The zero-order valence-corrected chi connectivity index (χ0v) is 13.3. The summed E-state index contributed by atoms with van der Waals surface area (Å²) in [6.45, 7) is 10.9. The lowest BCUT2D eigenvalue weighted by molar-refractivity contribution is -0.188. The van der Waals surface area contributed by atoms with Crippen LogP contribution in [0.5, 0.6) is 0 Å². The van der Waals surface area contributed by atoms with Gasteiger partial charge in [-0.25, -0.2) is 0 Å². The van der Waals surface area contributed by atoms with Gasteiger partial charge in [0, 0.05) is 44.2 Å². The summed E-state index contributed by atoms with van der Waals surface area (Å²) in [5.74, 6) is 1.95. The second kappa shape index (κ2) is 4.96. The highest BCUT2D eigenvalue weighted by Crippen LogP contribution is 2.45. The topological polar surface area (TPSA) is 15.7 Å².